The molecule has 0 aromatic heterocycles. The van der Waals surface area contributed by atoms with Gasteiger partial charge in [-0.1, -0.05) is 6.92 Å². The molecule has 0 aromatic rings. The van der Waals surface area contributed by atoms with E-state index < -0.39 is 5.92 Å². The largest absolute Gasteiger partial charge is 0.311 e. The maximum Gasteiger partial charge on any atom is 0.272 e. The smallest absolute Gasteiger partial charge is 0.272 e. The highest BCUT2D eigenvalue weighted by Crippen LogP contribution is 2.11. The van der Waals surface area contributed by atoms with Crippen molar-refractivity contribution in [3.63, 3.8) is 0 Å². The van der Waals surface area contributed by atoms with Gasteiger partial charge in [0.1, 0.15) is 0 Å². The van der Waals surface area contributed by atoms with Gasteiger partial charge in [-0.05, 0) is 20.6 Å². The van der Waals surface area contributed by atoms with E-state index in [0.29, 0.717) is 6.54 Å². The van der Waals surface area contributed by atoms with Crippen molar-refractivity contribution in [3.05, 3.63) is 0 Å². The number of halogens is 2. The molecule has 0 bridgehead atoms. The van der Waals surface area contributed by atoms with Crippen LogP contribution < -0.4 is 5.32 Å². The molecule has 0 saturated heterocycles. The predicted octanol–water partition coefficient (Wildman–Crippen LogP) is 0.793. The minimum atomic E-state index is -2.61. The zero-order valence-electron chi connectivity index (χ0n) is 7.32. The molecule has 0 aromatic carbocycles. The van der Waals surface area contributed by atoms with Crippen molar-refractivity contribution in [2.24, 2.45) is 0 Å². The summed E-state index contributed by atoms with van der Waals surface area (Å²) in [6, 6.07) is 0. The lowest BCUT2D eigenvalue weighted by Crippen LogP contribution is -2.40. The van der Waals surface area contributed by atoms with Crippen LogP contribution in [0, 0.1) is 0 Å². The summed E-state index contributed by atoms with van der Waals surface area (Å²) in [5.74, 6) is -2.61. The molecule has 0 aliphatic carbocycles. The first kappa shape index (κ1) is 10.8. The topological polar surface area (TPSA) is 15.3 Å². The fourth-order valence-electron chi connectivity index (χ4n) is 0.826. The Bertz CT molecular complexity index is 105. The summed E-state index contributed by atoms with van der Waals surface area (Å²) in [5, 5.41) is 2.62. The molecule has 0 heterocycles. The summed E-state index contributed by atoms with van der Waals surface area (Å²) >= 11 is 0. The summed E-state index contributed by atoms with van der Waals surface area (Å²) in [6.45, 7) is 1.97. The fraction of sp³-hybridized carbons (Fsp3) is 1.00. The predicted molar refractivity (Wildman–Crippen MR) is 42.0 cm³/mol. The first-order valence-corrected chi connectivity index (χ1v) is 3.71. The molecule has 0 fully saturated rings. The molecule has 4 heteroatoms. The van der Waals surface area contributed by atoms with Crippen molar-refractivity contribution in [1.82, 2.24) is 10.2 Å². The van der Waals surface area contributed by atoms with Crippen LogP contribution in [0.1, 0.15) is 6.92 Å². The molecular weight excluding hydrogens is 150 g/mol. The van der Waals surface area contributed by atoms with Crippen LogP contribution in [0.2, 0.25) is 0 Å². The Balaban J connectivity index is 3.61. The molecule has 0 unspecified atom stereocenters. The molecule has 0 aliphatic rings. The third kappa shape index (κ3) is 6.19. The van der Waals surface area contributed by atoms with Crippen LogP contribution >= 0.6 is 0 Å². The highest BCUT2D eigenvalue weighted by Gasteiger charge is 2.28. The maximum absolute atomic E-state index is 12.8. The molecule has 0 saturated carbocycles. The molecule has 11 heavy (non-hydrogen) atoms. The van der Waals surface area contributed by atoms with Gasteiger partial charge in [-0.2, -0.15) is 0 Å². The Morgan fingerprint density at radius 2 is 1.91 bits per heavy atom. The van der Waals surface area contributed by atoms with Gasteiger partial charge in [0.2, 0.25) is 0 Å². The molecule has 0 spiro atoms. The van der Waals surface area contributed by atoms with Crippen molar-refractivity contribution in [1.29, 1.82) is 0 Å². The summed E-state index contributed by atoms with van der Waals surface area (Å²) in [7, 11) is 3.28. The molecule has 0 rings (SSSR count). The molecule has 2 nitrogen and oxygen atoms in total. The maximum atomic E-state index is 12.8. The quantitative estimate of drug-likeness (QED) is 0.649. The van der Waals surface area contributed by atoms with E-state index in [1.165, 1.54) is 4.90 Å². The van der Waals surface area contributed by atoms with Gasteiger partial charge < -0.3 is 10.2 Å². The minimum Gasteiger partial charge on any atom is -0.311 e. The standard InChI is InChI=1S/C7H16F2N2/c1-4-10-5-7(8,9)6-11(2)3/h10H,4-6H2,1-3H3. The van der Waals surface area contributed by atoms with Crippen LogP contribution in [0.3, 0.4) is 0 Å². The van der Waals surface area contributed by atoms with Crippen LogP contribution in [-0.2, 0) is 0 Å². The van der Waals surface area contributed by atoms with Crippen LogP contribution in [-0.4, -0.2) is 44.6 Å². The third-order valence-electron chi connectivity index (χ3n) is 1.18. The van der Waals surface area contributed by atoms with E-state index >= 15 is 0 Å². The van der Waals surface area contributed by atoms with Crippen LogP contribution in [0.25, 0.3) is 0 Å². The second kappa shape index (κ2) is 4.62. The Morgan fingerprint density at radius 3 is 2.27 bits per heavy atom. The van der Waals surface area contributed by atoms with E-state index in [1.54, 1.807) is 14.1 Å². The van der Waals surface area contributed by atoms with E-state index in [0.717, 1.165) is 0 Å². The SMILES string of the molecule is CCNCC(F)(F)CN(C)C. The Labute approximate surface area is 66.6 Å². The lowest BCUT2D eigenvalue weighted by Gasteiger charge is -2.20. The second-order valence-corrected chi connectivity index (χ2v) is 2.87. The average molecular weight is 166 g/mol. The highest BCUT2D eigenvalue weighted by atomic mass is 19.3. The lowest BCUT2D eigenvalue weighted by atomic mass is 10.3. The van der Waals surface area contributed by atoms with Gasteiger partial charge in [-0.25, -0.2) is 8.78 Å². The first-order valence-electron chi connectivity index (χ1n) is 3.71. The van der Waals surface area contributed by atoms with Crippen molar-refractivity contribution >= 4 is 0 Å². The number of hydrogen-bond acceptors (Lipinski definition) is 2. The highest BCUT2D eigenvalue weighted by molar-refractivity contribution is 4.71. The zero-order valence-corrected chi connectivity index (χ0v) is 7.32. The first-order chi connectivity index (χ1) is 4.98. The van der Waals surface area contributed by atoms with Gasteiger partial charge in [0.25, 0.3) is 5.92 Å². The van der Waals surface area contributed by atoms with Gasteiger partial charge in [0, 0.05) is 0 Å². The molecule has 0 radical (unpaired) electrons. The minimum absolute atomic E-state index is 0.194. The Morgan fingerprint density at radius 1 is 1.36 bits per heavy atom. The third-order valence-corrected chi connectivity index (χ3v) is 1.18. The van der Waals surface area contributed by atoms with Gasteiger partial charge in [0.05, 0.1) is 13.1 Å². The van der Waals surface area contributed by atoms with Crippen molar-refractivity contribution in [2.45, 2.75) is 12.8 Å². The summed E-state index contributed by atoms with van der Waals surface area (Å²) in [4.78, 5) is 1.48. The van der Waals surface area contributed by atoms with E-state index in [9.17, 15) is 8.78 Å². The van der Waals surface area contributed by atoms with Crippen LogP contribution in [0.5, 0.6) is 0 Å². The van der Waals surface area contributed by atoms with Crippen LogP contribution in [0.4, 0.5) is 8.78 Å². The van der Waals surface area contributed by atoms with Gasteiger partial charge in [-0.3, -0.25) is 0 Å². The molecular formula is C7H16F2N2. The van der Waals surface area contributed by atoms with Crippen molar-refractivity contribution in [2.75, 3.05) is 33.7 Å². The average Bonchev–Trinajstić information content (AvgIpc) is 1.81. The number of nitrogens with zero attached hydrogens (tertiary/aromatic N) is 1. The Kier molecular flexibility index (Phi) is 4.52. The normalized spacial score (nSPS) is 12.5. The monoisotopic (exact) mass is 166 g/mol. The zero-order chi connectivity index (χ0) is 8.91. The molecule has 0 atom stereocenters. The summed E-state index contributed by atoms with van der Waals surface area (Å²) in [6.07, 6.45) is 0. The van der Waals surface area contributed by atoms with Crippen molar-refractivity contribution in [3.8, 4) is 0 Å². The van der Waals surface area contributed by atoms with E-state index in [-0.39, 0.29) is 13.1 Å². The van der Waals surface area contributed by atoms with Crippen LogP contribution in [0.15, 0.2) is 0 Å². The number of hydrogen-bond donors (Lipinski definition) is 1. The van der Waals surface area contributed by atoms with Gasteiger partial charge >= 0.3 is 0 Å². The van der Waals surface area contributed by atoms with Gasteiger partial charge in [-0.15, -0.1) is 0 Å². The molecule has 0 aliphatic heterocycles. The lowest BCUT2D eigenvalue weighted by molar-refractivity contribution is -0.0193. The molecule has 0 amide bonds. The number of rotatable bonds is 5. The van der Waals surface area contributed by atoms with Gasteiger partial charge in [0.15, 0.2) is 0 Å². The summed E-state index contributed by atoms with van der Waals surface area (Å²) in [5.41, 5.74) is 0. The number of nitrogens with one attached hydrogen (secondary N) is 1. The van der Waals surface area contributed by atoms with E-state index in [2.05, 4.69) is 5.32 Å². The second-order valence-electron chi connectivity index (χ2n) is 2.87. The number of alkyl halides is 2. The molecule has 1 N–H and O–H groups in total. The van der Waals surface area contributed by atoms with E-state index in [1.807, 2.05) is 6.92 Å². The molecule has 68 valence electrons. The summed E-state index contributed by atoms with van der Waals surface area (Å²) < 4.78 is 25.5. The van der Waals surface area contributed by atoms with E-state index in [4.69, 9.17) is 0 Å². The van der Waals surface area contributed by atoms with Crippen molar-refractivity contribution < 1.29 is 8.78 Å². The fourth-order valence-corrected chi connectivity index (χ4v) is 0.826. The Hall–Kier alpha value is -0.220.